The Bertz CT molecular complexity index is 484. The molecular weight excluding hydrogens is 256 g/mol. The Morgan fingerprint density at radius 2 is 2.11 bits per heavy atom. The molecule has 0 bridgehead atoms. The summed E-state index contributed by atoms with van der Waals surface area (Å²) < 4.78 is 11.3. The lowest BCUT2D eigenvalue weighted by atomic mass is 10.3. The molecule has 18 heavy (non-hydrogen) atoms. The number of hydrogen-bond donors (Lipinski definition) is 1. The minimum Gasteiger partial charge on any atom is -0.373 e. The smallest absolute Gasteiger partial charge is 0.276 e. The van der Waals surface area contributed by atoms with Crippen molar-refractivity contribution in [2.24, 2.45) is 0 Å². The maximum atomic E-state index is 11.3. The molecule has 0 spiro atoms. The summed E-state index contributed by atoms with van der Waals surface area (Å²) in [6.45, 7) is 1.23. The van der Waals surface area contributed by atoms with Crippen molar-refractivity contribution in [2.45, 2.75) is 0 Å². The van der Waals surface area contributed by atoms with E-state index in [4.69, 9.17) is 0 Å². The topological polar surface area (TPSA) is 88.4 Å². The average molecular weight is 270 g/mol. The van der Waals surface area contributed by atoms with Crippen LogP contribution in [0.15, 0.2) is 12.1 Å². The Morgan fingerprint density at radius 1 is 1.44 bits per heavy atom. The zero-order chi connectivity index (χ0) is 13.1. The average Bonchev–Trinajstić information content (AvgIpc) is 2.39. The van der Waals surface area contributed by atoms with Crippen LogP contribution in [0.2, 0.25) is 0 Å². The second-order valence-corrected chi connectivity index (χ2v) is 5.61. The summed E-state index contributed by atoms with van der Waals surface area (Å²) >= 11 is 0. The lowest BCUT2D eigenvalue weighted by Crippen LogP contribution is -2.38. The maximum absolute atomic E-state index is 11.3. The third kappa shape index (κ3) is 2.76. The first-order valence-corrected chi connectivity index (χ1v) is 7.03. The lowest BCUT2D eigenvalue weighted by Gasteiger charge is -2.27. The SMILES string of the molecule is CNc1cc([N+](=O)[O-])cc(N2CCS(=O)CC2)n1. The Hall–Kier alpha value is -1.70. The highest BCUT2D eigenvalue weighted by atomic mass is 32.2. The molecule has 0 unspecified atom stereocenters. The van der Waals surface area contributed by atoms with Gasteiger partial charge in [0.05, 0.1) is 17.1 Å². The summed E-state index contributed by atoms with van der Waals surface area (Å²) in [5.41, 5.74) is 0.0102. The van der Waals surface area contributed by atoms with Crippen LogP contribution >= 0.6 is 0 Å². The van der Waals surface area contributed by atoms with E-state index in [1.165, 1.54) is 12.1 Å². The summed E-state index contributed by atoms with van der Waals surface area (Å²) in [6, 6.07) is 2.85. The second-order valence-electron chi connectivity index (χ2n) is 3.91. The minimum atomic E-state index is -0.775. The van der Waals surface area contributed by atoms with Gasteiger partial charge in [0.25, 0.3) is 5.69 Å². The van der Waals surface area contributed by atoms with Crippen molar-refractivity contribution in [2.75, 3.05) is 41.9 Å². The molecule has 98 valence electrons. The fraction of sp³-hybridized carbons (Fsp3) is 0.500. The van der Waals surface area contributed by atoms with Crippen LogP contribution < -0.4 is 10.2 Å². The summed E-state index contributed by atoms with van der Waals surface area (Å²) in [6.07, 6.45) is 0. The molecule has 0 aliphatic carbocycles. The van der Waals surface area contributed by atoms with Gasteiger partial charge in [0.1, 0.15) is 11.6 Å². The van der Waals surface area contributed by atoms with E-state index < -0.39 is 15.7 Å². The monoisotopic (exact) mass is 270 g/mol. The molecule has 1 aromatic heterocycles. The number of rotatable bonds is 3. The number of nitro groups is 1. The van der Waals surface area contributed by atoms with Crippen LogP contribution in [0.25, 0.3) is 0 Å². The second kappa shape index (κ2) is 5.30. The number of pyridine rings is 1. The van der Waals surface area contributed by atoms with Crippen LogP contribution in [0.1, 0.15) is 0 Å². The van der Waals surface area contributed by atoms with Crippen molar-refractivity contribution in [3.05, 3.63) is 22.2 Å². The Morgan fingerprint density at radius 3 is 2.67 bits per heavy atom. The standard InChI is InChI=1S/C10H14N4O3S/c1-11-9-6-8(14(15)16)7-10(12-9)13-2-4-18(17)5-3-13/h6-7H,2-5H2,1H3,(H,11,12). The molecule has 1 aliphatic rings. The number of nitrogens with one attached hydrogen (secondary N) is 1. The molecule has 1 aliphatic heterocycles. The van der Waals surface area contributed by atoms with Gasteiger partial charge in [0.2, 0.25) is 0 Å². The van der Waals surface area contributed by atoms with E-state index in [0.29, 0.717) is 36.2 Å². The first-order valence-electron chi connectivity index (χ1n) is 5.54. The molecule has 7 nitrogen and oxygen atoms in total. The zero-order valence-corrected chi connectivity index (χ0v) is 10.8. The van der Waals surface area contributed by atoms with Crippen molar-refractivity contribution >= 4 is 28.1 Å². The highest BCUT2D eigenvalue weighted by Gasteiger charge is 2.19. The Labute approximate surface area is 107 Å². The fourth-order valence-electron chi connectivity index (χ4n) is 1.76. The van der Waals surface area contributed by atoms with E-state index in [1.54, 1.807) is 7.05 Å². The summed E-state index contributed by atoms with van der Waals surface area (Å²) in [5, 5.41) is 13.6. The summed E-state index contributed by atoms with van der Waals surface area (Å²) in [7, 11) is 0.893. The van der Waals surface area contributed by atoms with Crippen LogP contribution in [0.5, 0.6) is 0 Å². The predicted octanol–water partition coefficient (Wildman–Crippen LogP) is 0.600. The molecule has 2 rings (SSSR count). The largest absolute Gasteiger partial charge is 0.373 e. The molecule has 0 saturated carbocycles. The van der Waals surface area contributed by atoms with Crippen LogP contribution in [0, 0.1) is 10.1 Å². The predicted molar refractivity (Wildman–Crippen MR) is 70.5 cm³/mol. The number of nitrogens with zero attached hydrogens (tertiary/aromatic N) is 3. The van der Waals surface area contributed by atoms with Crippen molar-refractivity contribution in [3.8, 4) is 0 Å². The zero-order valence-electron chi connectivity index (χ0n) is 9.96. The molecule has 0 radical (unpaired) electrons. The van der Waals surface area contributed by atoms with E-state index in [9.17, 15) is 14.3 Å². The third-order valence-electron chi connectivity index (χ3n) is 2.77. The Balaban J connectivity index is 2.29. The first kappa shape index (κ1) is 12.7. The van der Waals surface area contributed by atoms with E-state index in [1.807, 2.05) is 4.90 Å². The molecule has 2 heterocycles. The van der Waals surface area contributed by atoms with E-state index in [2.05, 4.69) is 10.3 Å². The summed E-state index contributed by atoms with van der Waals surface area (Å²) in [4.78, 5) is 16.6. The van der Waals surface area contributed by atoms with E-state index in [-0.39, 0.29) is 5.69 Å². The molecule has 8 heteroatoms. The number of anilines is 2. The van der Waals surface area contributed by atoms with Crippen LogP contribution in [-0.2, 0) is 10.8 Å². The minimum absolute atomic E-state index is 0.0102. The van der Waals surface area contributed by atoms with Gasteiger partial charge in [-0.15, -0.1) is 0 Å². The van der Waals surface area contributed by atoms with Gasteiger partial charge < -0.3 is 10.2 Å². The van der Waals surface area contributed by atoms with Gasteiger partial charge in [-0.3, -0.25) is 14.3 Å². The van der Waals surface area contributed by atoms with Crippen molar-refractivity contribution in [1.29, 1.82) is 0 Å². The van der Waals surface area contributed by atoms with Crippen LogP contribution in [0.4, 0.5) is 17.3 Å². The van der Waals surface area contributed by atoms with Crippen molar-refractivity contribution in [3.63, 3.8) is 0 Å². The lowest BCUT2D eigenvalue weighted by molar-refractivity contribution is -0.384. The molecular formula is C10H14N4O3S. The van der Waals surface area contributed by atoms with Crippen molar-refractivity contribution < 1.29 is 9.13 Å². The van der Waals surface area contributed by atoms with Gasteiger partial charge in [-0.25, -0.2) is 4.98 Å². The third-order valence-corrected chi connectivity index (χ3v) is 4.04. The molecule has 1 N–H and O–H groups in total. The van der Waals surface area contributed by atoms with Gasteiger partial charge in [-0.1, -0.05) is 0 Å². The van der Waals surface area contributed by atoms with Crippen molar-refractivity contribution in [1.82, 2.24) is 4.98 Å². The highest BCUT2D eigenvalue weighted by Crippen LogP contribution is 2.23. The fourth-order valence-corrected chi connectivity index (χ4v) is 2.82. The Kier molecular flexibility index (Phi) is 3.75. The number of aromatic nitrogens is 1. The van der Waals surface area contributed by atoms with Gasteiger partial charge in [0.15, 0.2) is 0 Å². The van der Waals surface area contributed by atoms with E-state index >= 15 is 0 Å². The quantitative estimate of drug-likeness (QED) is 0.639. The van der Waals surface area contributed by atoms with Gasteiger partial charge >= 0.3 is 0 Å². The molecule has 0 atom stereocenters. The van der Waals surface area contributed by atoms with Gasteiger partial charge in [0, 0.05) is 42.4 Å². The van der Waals surface area contributed by atoms with Crippen LogP contribution in [0.3, 0.4) is 0 Å². The molecule has 1 fully saturated rings. The van der Waals surface area contributed by atoms with E-state index in [0.717, 1.165) is 0 Å². The van der Waals surface area contributed by atoms with Crippen LogP contribution in [-0.4, -0.2) is 45.8 Å². The maximum Gasteiger partial charge on any atom is 0.276 e. The number of hydrogen-bond acceptors (Lipinski definition) is 6. The summed E-state index contributed by atoms with van der Waals surface area (Å²) in [5.74, 6) is 2.19. The highest BCUT2D eigenvalue weighted by molar-refractivity contribution is 7.85. The van der Waals surface area contributed by atoms with Gasteiger partial charge in [-0.05, 0) is 0 Å². The molecule has 0 aromatic carbocycles. The molecule has 0 amide bonds. The first-order chi connectivity index (χ1) is 8.60. The van der Waals surface area contributed by atoms with Gasteiger partial charge in [-0.2, -0.15) is 0 Å². The normalized spacial score (nSPS) is 16.6. The molecule has 1 saturated heterocycles. The molecule has 1 aromatic rings.